The zero-order chi connectivity index (χ0) is 23.4. The number of nitrogen functional groups attached to an aromatic ring is 1. The summed E-state index contributed by atoms with van der Waals surface area (Å²) in [5.41, 5.74) is 4.48. The summed E-state index contributed by atoms with van der Waals surface area (Å²) in [7, 11) is 2.61. The maximum Gasteiger partial charge on any atom is 0.342 e. The van der Waals surface area contributed by atoms with Crippen LogP contribution >= 0.6 is 0 Å². The fourth-order valence-corrected chi connectivity index (χ4v) is 3.05. The Morgan fingerprint density at radius 3 is 2.44 bits per heavy atom. The Labute approximate surface area is 182 Å². The fraction of sp³-hybridized carbons (Fsp3) is 0.182. The van der Waals surface area contributed by atoms with Crippen molar-refractivity contribution in [2.45, 2.75) is 6.54 Å². The normalized spacial score (nSPS) is 10.6. The van der Waals surface area contributed by atoms with Crippen molar-refractivity contribution in [3.05, 3.63) is 86.1 Å². The van der Waals surface area contributed by atoms with Gasteiger partial charge in [-0.3, -0.25) is 18.7 Å². The number of esters is 1. The van der Waals surface area contributed by atoms with Crippen molar-refractivity contribution < 1.29 is 24.2 Å². The second kappa shape index (κ2) is 9.21. The lowest BCUT2D eigenvalue weighted by molar-refractivity contribution is 0.0471. The number of nitrogens with zero attached hydrogens (tertiary/aromatic N) is 2. The molecule has 0 bridgehead atoms. The third kappa shape index (κ3) is 4.38. The van der Waals surface area contributed by atoms with Gasteiger partial charge in [-0.2, -0.15) is 0 Å². The largest absolute Gasteiger partial charge is 0.507 e. The van der Waals surface area contributed by atoms with E-state index in [9.17, 15) is 24.3 Å². The summed E-state index contributed by atoms with van der Waals surface area (Å²) in [6.45, 7) is -0.782. The van der Waals surface area contributed by atoms with E-state index in [1.54, 1.807) is 30.3 Å². The highest BCUT2D eigenvalue weighted by Crippen LogP contribution is 2.23. The molecule has 0 amide bonds. The summed E-state index contributed by atoms with van der Waals surface area (Å²) in [6, 6.07) is 12.8. The Morgan fingerprint density at radius 2 is 1.78 bits per heavy atom. The van der Waals surface area contributed by atoms with E-state index in [2.05, 4.69) is 0 Å². The second-order valence-corrected chi connectivity index (χ2v) is 6.86. The molecule has 3 N–H and O–H groups in total. The van der Waals surface area contributed by atoms with Crippen LogP contribution in [0.15, 0.2) is 58.1 Å². The molecule has 1 heterocycles. The monoisotopic (exact) mass is 439 g/mol. The molecule has 3 aromatic rings. The second-order valence-electron chi connectivity index (χ2n) is 6.86. The third-order valence-corrected chi connectivity index (χ3v) is 4.80. The number of phenols is 1. The molecule has 0 atom stereocenters. The van der Waals surface area contributed by atoms with E-state index in [1.807, 2.05) is 0 Å². The van der Waals surface area contributed by atoms with Crippen molar-refractivity contribution >= 4 is 17.6 Å². The topological polar surface area (TPSA) is 143 Å². The summed E-state index contributed by atoms with van der Waals surface area (Å²) in [5.74, 6) is -2.28. The minimum absolute atomic E-state index is 0.0391. The van der Waals surface area contributed by atoms with Gasteiger partial charge in [0.25, 0.3) is 5.56 Å². The SMILES string of the molecule is COc1ccc(O)c(C(=O)OCC(=O)c2c(N)n(Cc3ccccc3)c(=O)n(C)c2=O)c1. The van der Waals surface area contributed by atoms with Crippen LogP contribution in [0.1, 0.15) is 26.3 Å². The molecule has 0 saturated heterocycles. The molecule has 10 heteroatoms. The summed E-state index contributed by atoms with van der Waals surface area (Å²) in [6.07, 6.45) is 0. The summed E-state index contributed by atoms with van der Waals surface area (Å²) >= 11 is 0. The molecule has 0 spiro atoms. The molecule has 0 unspecified atom stereocenters. The highest BCUT2D eigenvalue weighted by Gasteiger charge is 2.23. The van der Waals surface area contributed by atoms with E-state index in [1.165, 1.54) is 32.4 Å². The summed E-state index contributed by atoms with van der Waals surface area (Å²) in [4.78, 5) is 50.1. The van der Waals surface area contributed by atoms with Gasteiger partial charge in [-0.05, 0) is 23.8 Å². The number of methoxy groups -OCH3 is 1. The Balaban J connectivity index is 1.89. The van der Waals surface area contributed by atoms with Crippen molar-refractivity contribution in [3.63, 3.8) is 0 Å². The number of hydrogen-bond donors (Lipinski definition) is 2. The predicted molar refractivity (Wildman–Crippen MR) is 115 cm³/mol. The lowest BCUT2D eigenvalue weighted by Gasteiger charge is -2.15. The van der Waals surface area contributed by atoms with Crippen molar-refractivity contribution in [1.82, 2.24) is 9.13 Å². The van der Waals surface area contributed by atoms with E-state index in [0.29, 0.717) is 5.75 Å². The van der Waals surface area contributed by atoms with Gasteiger partial charge in [0.15, 0.2) is 6.61 Å². The number of Topliss-reactive ketones (excluding diaryl/α,β-unsaturated/α-hetero) is 1. The number of rotatable bonds is 7. The smallest absolute Gasteiger partial charge is 0.342 e. The Bertz CT molecular complexity index is 1290. The van der Waals surface area contributed by atoms with Crippen LogP contribution in [0.4, 0.5) is 5.82 Å². The number of aromatic nitrogens is 2. The van der Waals surface area contributed by atoms with Crippen LogP contribution in [0.2, 0.25) is 0 Å². The van der Waals surface area contributed by atoms with Crippen LogP contribution < -0.4 is 21.7 Å². The van der Waals surface area contributed by atoms with Crippen LogP contribution in [0.5, 0.6) is 11.5 Å². The lowest BCUT2D eigenvalue weighted by atomic mass is 10.1. The number of carbonyl (C=O) groups excluding carboxylic acids is 2. The highest BCUT2D eigenvalue weighted by atomic mass is 16.5. The van der Waals surface area contributed by atoms with E-state index in [4.69, 9.17) is 15.2 Å². The summed E-state index contributed by atoms with van der Waals surface area (Å²) < 4.78 is 11.8. The number of nitrogens with two attached hydrogens (primary N) is 1. The Hall–Kier alpha value is -4.34. The highest BCUT2D eigenvalue weighted by molar-refractivity contribution is 6.02. The van der Waals surface area contributed by atoms with E-state index < -0.39 is 35.2 Å². The fourth-order valence-electron chi connectivity index (χ4n) is 3.05. The van der Waals surface area contributed by atoms with Gasteiger partial charge in [-0.15, -0.1) is 0 Å². The van der Waals surface area contributed by atoms with Gasteiger partial charge in [0.2, 0.25) is 5.78 Å². The average Bonchev–Trinajstić information content (AvgIpc) is 2.80. The van der Waals surface area contributed by atoms with Gasteiger partial charge in [0, 0.05) is 7.05 Å². The summed E-state index contributed by atoms with van der Waals surface area (Å²) in [5, 5.41) is 9.86. The standard InChI is InChI=1S/C22H21N3O7/c1-24-20(28)18(19(23)25(22(24)30)11-13-6-4-3-5-7-13)17(27)12-32-21(29)15-10-14(31-2)8-9-16(15)26/h3-10,26H,11-12,23H2,1-2H3. The van der Waals surface area contributed by atoms with Crippen LogP contribution in [-0.4, -0.2) is 39.7 Å². The van der Waals surface area contributed by atoms with Gasteiger partial charge in [-0.25, -0.2) is 9.59 Å². The van der Waals surface area contributed by atoms with Gasteiger partial charge >= 0.3 is 11.7 Å². The molecule has 166 valence electrons. The molecular formula is C22H21N3O7. The van der Waals surface area contributed by atoms with E-state index >= 15 is 0 Å². The number of ketones is 1. The number of hydrogen-bond acceptors (Lipinski definition) is 8. The molecule has 1 aromatic heterocycles. The molecular weight excluding hydrogens is 418 g/mol. The molecule has 0 aliphatic heterocycles. The first-order valence-electron chi connectivity index (χ1n) is 9.45. The Kier molecular flexibility index (Phi) is 6.43. The predicted octanol–water partition coefficient (Wildman–Crippen LogP) is 0.931. The van der Waals surface area contributed by atoms with Gasteiger partial charge in [0.05, 0.1) is 13.7 Å². The molecule has 32 heavy (non-hydrogen) atoms. The molecule has 0 aliphatic rings. The average molecular weight is 439 g/mol. The first kappa shape index (κ1) is 22.3. The number of anilines is 1. The number of ether oxygens (including phenoxy) is 2. The minimum atomic E-state index is -0.997. The Morgan fingerprint density at radius 1 is 1.09 bits per heavy atom. The molecule has 10 nitrogen and oxygen atoms in total. The molecule has 0 radical (unpaired) electrons. The van der Waals surface area contributed by atoms with Crippen molar-refractivity contribution in [2.24, 2.45) is 7.05 Å². The minimum Gasteiger partial charge on any atom is -0.507 e. The van der Waals surface area contributed by atoms with E-state index in [0.717, 1.165) is 14.7 Å². The quantitative estimate of drug-likeness (QED) is 0.409. The first-order chi connectivity index (χ1) is 15.2. The van der Waals surface area contributed by atoms with Crippen molar-refractivity contribution in [1.29, 1.82) is 0 Å². The number of benzene rings is 2. The molecule has 3 rings (SSSR count). The number of aromatic hydroxyl groups is 1. The zero-order valence-electron chi connectivity index (χ0n) is 17.4. The molecule has 0 saturated carbocycles. The van der Waals surface area contributed by atoms with Crippen LogP contribution in [0, 0.1) is 0 Å². The van der Waals surface area contributed by atoms with Gasteiger partial charge in [-0.1, -0.05) is 30.3 Å². The maximum atomic E-state index is 12.7. The van der Waals surface area contributed by atoms with Crippen molar-refractivity contribution in [2.75, 3.05) is 19.5 Å². The van der Waals surface area contributed by atoms with Crippen LogP contribution in [0.25, 0.3) is 0 Å². The lowest BCUT2D eigenvalue weighted by Crippen LogP contribution is -2.43. The number of carbonyl (C=O) groups is 2. The molecule has 2 aromatic carbocycles. The molecule has 0 fully saturated rings. The van der Waals surface area contributed by atoms with Crippen LogP contribution in [0.3, 0.4) is 0 Å². The zero-order valence-corrected chi connectivity index (χ0v) is 17.4. The van der Waals surface area contributed by atoms with Crippen LogP contribution in [-0.2, 0) is 18.3 Å². The molecule has 0 aliphatic carbocycles. The van der Waals surface area contributed by atoms with E-state index in [-0.39, 0.29) is 23.7 Å². The third-order valence-electron chi connectivity index (χ3n) is 4.80. The first-order valence-corrected chi connectivity index (χ1v) is 9.45. The van der Waals surface area contributed by atoms with Gasteiger partial charge in [0.1, 0.15) is 28.4 Å². The maximum absolute atomic E-state index is 12.7. The van der Waals surface area contributed by atoms with Gasteiger partial charge < -0.3 is 20.3 Å². The number of phenolic OH excluding ortho intramolecular Hbond substituents is 1. The van der Waals surface area contributed by atoms with Crippen molar-refractivity contribution in [3.8, 4) is 11.5 Å².